The summed E-state index contributed by atoms with van der Waals surface area (Å²) < 4.78 is 5.17. The predicted octanol–water partition coefficient (Wildman–Crippen LogP) is 2.35. The Balaban J connectivity index is 2.00. The van der Waals surface area contributed by atoms with Gasteiger partial charge in [-0.15, -0.1) is 0 Å². The molecule has 3 rings (SSSR count). The highest BCUT2D eigenvalue weighted by Crippen LogP contribution is 2.52. The topological polar surface area (TPSA) is 87.7 Å². The van der Waals surface area contributed by atoms with Crippen LogP contribution < -0.4 is 0 Å². The number of benzene rings is 1. The van der Waals surface area contributed by atoms with Gasteiger partial charge in [-0.25, -0.2) is 0 Å². The van der Waals surface area contributed by atoms with Crippen molar-refractivity contribution in [3.63, 3.8) is 0 Å². The number of aliphatic hydroxyl groups is 1. The van der Waals surface area contributed by atoms with Crippen molar-refractivity contribution in [3.05, 3.63) is 35.0 Å². The molecule has 1 heterocycles. The Morgan fingerprint density at radius 2 is 2.05 bits per heavy atom. The van der Waals surface area contributed by atoms with Crippen LogP contribution in [0.5, 0.6) is 0 Å². The summed E-state index contributed by atoms with van der Waals surface area (Å²) in [7, 11) is 0. The zero-order chi connectivity index (χ0) is 14.7. The Morgan fingerprint density at radius 1 is 1.35 bits per heavy atom. The highest BCUT2D eigenvalue weighted by Gasteiger charge is 2.68. The van der Waals surface area contributed by atoms with E-state index in [2.05, 4.69) is 0 Å². The van der Waals surface area contributed by atoms with E-state index < -0.39 is 29.2 Å². The van der Waals surface area contributed by atoms with E-state index in [1.165, 1.54) is 19.3 Å². The van der Waals surface area contributed by atoms with Crippen molar-refractivity contribution in [3.8, 4) is 0 Å². The molecule has 2 N–H and O–H groups in total. The molecule has 6 heteroatoms. The molecule has 1 unspecified atom stereocenters. The Labute approximate surface area is 118 Å². The van der Waals surface area contributed by atoms with Crippen molar-refractivity contribution in [1.82, 2.24) is 0 Å². The number of hydrogen-bond donors (Lipinski definition) is 2. The fourth-order valence-corrected chi connectivity index (χ4v) is 2.94. The Bertz CT molecular complexity index is 730. The molecule has 1 fully saturated rings. The standard InChI is InChI=1S/C14H11ClO5/c1-14(19)9(10(14)13(17)18)11(16)7-4-6-2-3-20-12(6)8(15)5-7/h2-5,9-10,19H,1H3,(H,17,18)/t9-,10-,14?/m0/s1. The number of ketones is 1. The Morgan fingerprint density at radius 3 is 2.65 bits per heavy atom. The largest absolute Gasteiger partial charge is 0.481 e. The van der Waals surface area contributed by atoms with Crippen LogP contribution in [-0.4, -0.2) is 27.6 Å². The molecule has 1 aliphatic rings. The van der Waals surface area contributed by atoms with Crippen molar-refractivity contribution < 1.29 is 24.2 Å². The molecule has 1 saturated carbocycles. The number of carbonyl (C=O) groups excluding carboxylic acids is 1. The normalized spacial score (nSPS) is 28.6. The van der Waals surface area contributed by atoms with Crippen molar-refractivity contribution in [2.75, 3.05) is 0 Å². The number of fused-ring (bicyclic) bond motifs is 1. The molecule has 0 radical (unpaired) electrons. The van der Waals surface area contributed by atoms with E-state index in [-0.39, 0.29) is 10.6 Å². The number of Topliss-reactive ketones (excluding diaryl/α,β-unsaturated/α-hetero) is 1. The van der Waals surface area contributed by atoms with Gasteiger partial charge in [0.1, 0.15) is 0 Å². The summed E-state index contributed by atoms with van der Waals surface area (Å²) in [5.41, 5.74) is -0.765. The summed E-state index contributed by atoms with van der Waals surface area (Å²) in [5, 5.41) is 19.9. The molecular formula is C14H11ClO5. The second-order valence-corrected chi connectivity index (χ2v) is 5.59. The molecule has 0 spiro atoms. The minimum Gasteiger partial charge on any atom is -0.481 e. The van der Waals surface area contributed by atoms with E-state index in [9.17, 15) is 14.7 Å². The van der Waals surface area contributed by atoms with Crippen LogP contribution in [-0.2, 0) is 4.79 Å². The lowest BCUT2D eigenvalue weighted by Crippen LogP contribution is -2.13. The van der Waals surface area contributed by atoms with Crippen molar-refractivity contribution >= 4 is 34.3 Å². The highest BCUT2D eigenvalue weighted by molar-refractivity contribution is 6.35. The van der Waals surface area contributed by atoms with Crippen LogP contribution in [0.25, 0.3) is 11.0 Å². The molecule has 20 heavy (non-hydrogen) atoms. The lowest BCUT2D eigenvalue weighted by Gasteiger charge is -2.03. The summed E-state index contributed by atoms with van der Waals surface area (Å²) in [6.07, 6.45) is 1.46. The first-order chi connectivity index (χ1) is 9.34. The van der Waals surface area contributed by atoms with Crippen LogP contribution in [0, 0.1) is 11.8 Å². The molecular weight excluding hydrogens is 284 g/mol. The maximum absolute atomic E-state index is 12.3. The number of hydrogen-bond acceptors (Lipinski definition) is 4. The van der Waals surface area contributed by atoms with E-state index in [4.69, 9.17) is 21.1 Å². The number of halogens is 1. The smallest absolute Gasteiger partial charge is 0.310 e. The summed E-state index contributed by atoms with van der Waals surface area (Å²) in [6.45, 7) is 1.35. The minimum atomic E-state index is -1.51. The van der Waals surface area contributed by atoms with Gasteiger partial charge in [-0.2, -0.15) is 0 Å². The van der Waals surface area contributed by atoms with Crippen LogP contribution in [0.4, 0.5) is 0 Å². The maximum atomic E-state index is 12.3. The van der Waals surface area contributed by atoms with Gasteiger partial charge in [-0.1, -0.05) is 11.6 Å². The summed E-state index contributed by atoms with van der Waals surface area (Å²) in [5.74, 6) is -3.62. The van der Waals surface area contributed by atoms with E-state index in [1.807, 2.05) is 0 Å². The van der Waals surface area contributed by atoms with Crippen LogP contribution in [0.3, 0.4) is 0 Å². The molecule has 1 aromatic heterocycles. The fraction of sp³-hybridized carbons (Fsp3) is 0.286. The molecule has 3 atom stereocenters. The molecule has 0 saturated heterocycles. The second-order valence-electron chi connectivity index (χ2n) is 5.18. The molecule has 0 bridgehead atoms. The molecule has 1 aromatic carbocycles. The minimum absolute atomic E-state index is 0.276. The van der Waals surface area contributed by atoms with Crippen LogP contribution in [0.2, 0.25) is 5.02 Å². The van der Waals surface area contributed by atoms with Gasteiger partial charge in [0.15, 0.2) is 11.4 Å². The number of rotatable bonds is 3. The molecule has 2 aromatic rings. The first-order valence-corrected chi connectivity index (χ1v) is 6.38. The van der Waals surface area contributed by atoms with Crippen LogP contribution in [0.1, 0.15) is 17.3 Å². The Kier molecular flexibility index (Phi) is 2.68. The average molecular weight is 295 g/mol. The summed E-state index contributed by atoms with van der Waals surface area (Å²) in [4.78, 5) is 23.4. The monoisotopic (exact) mass is 294 g/mol. The molecule has 104 valence electrons. The van der Waals surface area contributed by atoms with Gasteiger partial charge in [0.2, 0.25) is 0 Å². The van der Waals surface area contributed by atoms with Crippen molar-refractivity contribution in [1.29, 1.82) is 0 Å². The van der Waals surface area contributed by atoms with E-state index in [0.717, 1.165) is 0 Å². The fourth-order valence-electron chi connectivity index (χ4n) is 2.67. The molecule has 1 aliphatic carbocycles. The molecule has 5 nitrogen and oxygen atoms in total. The third-order valence-electron chi connectivity index (χ3n) is 3.82. The van der Waals surface area contributed by atoms with Crippen LogP contribution in [0.15, 0.2) is 28.9 Å². The summed E-state index contributed by atoms with van der Waals surface area (Å²) >= 11 is 6.02. The third-order valence-corrected chi connectivity index (χ3v) is 4.10. The van der Waals surface area contributed by atoms with Crippen molar-refractivity contribution in [2.24, 2.45) is 11.8 Å². The van der Waals surface area contributed by atoms with Gasteiger partial charge in [-0.05, 0) is 25.1 Å². The van der Waals surface area contributed by atoms with Gasteiger partial charge in [0, 0.05) is 10.9 Å². The SMILES string of the molecule is CC1(O)[C@H](C(=O)O)[C@H]1C(=O)c1cc(Cl)c2occc2c1. The van der Waals surface area contributed by atoms with Gasteiger partial charge in [-0.3, -0.25) is 9.59 Å². The quantitative estimate of drug-likeness (QED) is 0.848. The number of carboxylic acids is 1. The van der Waals surface area contributed by atoms with Gasteiger partial charge in [0.25, 0.3) is 0 Å². The lowest BCUT2D eigenvalue weighted by atomic mass is 10.0. The summed E-state index contributed by atoms with van der Waals surface area (Å²) in [6, 6.07) is 4.68. The number of carboxylic acid groups (broad SMARTS) is 1. The van der Waals surface area contributed by atoms with Gasteiger partial charge in [0.05, 0.1) is 28.7 Å². The van der Waals surface area contributed by atoms with E-state index in [0.29, 0.717) is 11.0 Å². The van der Waals surface area contributed by atoms with Gasteiger partial charge >= 0.3 is 5.97 Å². The predicted molar refractivity (Wildman–Crippen MR) is 70.8 cm³/mol. The van der Waals surface area contributed by atoms with E-state index >= 15 is 0 Å². The first kappa shape index (κ1) is 13.1. The second kappa shape index (κ2) is 4.07. The number of aliphatic carboxylic acids is 1. The highest BCUT2D eigenvalue weighted by atomic mass is 35.5. The molecule has 0 amide bonds. The third kappa shape index (κ3) is 1.74. The Hall–Kier alpha value is -1.85. The van der Waals surface area contributed by atoms with Crippen molar-refractivity contribution in [2.45, 2.75) is 12.5 Å². The van der Waals surface area contributed by atoms with Gasteiger partial charge < -0.3 is 14.6 Å². The number of carbonyl (C=O) groups is 2. The zero-order valence-electron chi connectivity index (χ0n) is 10.5. The van der Waals surface area contributed by atoms with E-state index in [1.54, 1.807) is 12.1 Å². The first-order valence-electron chi connectivity index (χ1n) is 6.00. The molecule has 0 aliphatic heterocycles. The lowest BCUT2D eigenvalue weighted by molar-refractivity contribution is -0.140. The zero-order valence-corrected chi connectivity index (χ0v) is 11.2. The number of furan rings is 1. The maximum Gasteiger partial charge on any atom is 0.310 e. The van der Waals surface area contributed by atoms with Crippen LogP contribution >= 0.6 is 11.6 Å². The average Bonchev–Trinajstić information content (AvgIpc) is 2.73.